The van der Waals surface area contributed by atoms with E-state index in [2.05, 4.69) is 0 Å². The van der Waals surface area contributed by atoms with Gasteiger partial charge in [-0.2, -0.15) is 4.39 Å². The summed E-state index contributed by atoms with van der Waals surface area (Å²) in [6, 6.07) is 2.93. The molecule has 2 saturated carbocycles. The SMILES string of the molecule is CCCC1CCC2CC(c3ccc(OCC)c(F)c3F)CC2C(F)(F)C1. The lowest BCUT2D eigenvalue weighted by molar-refractivity contribution is -0.0810. The Bertz CT molecular complexity index is 631. The summed E-state index contributed by atoms with van der Waals surface area (Å²) in [5, 5.41) is 0. The zero-order valence-corrected chi connectivity index (χ0v) is 15.5. The molecular weight excluding hydrogens is 344 g/mol. The monoisotopic (exact) mass is 372 g/mol. The Kier molecular flexibility index (Phi) is 5.83. The highest BCUT2D eigenvalue weighted by molar-refractivity contribution is 5.34. The molecule has 0 aliphatic heterocycles. The molecule has 0 radical (unpaired) electrons. The van der Waals surface area contributed by atoms with Crippen LogP contribution in [-0.2, 0) is 0 Å². The van der Waals surface area contributed by atoms with E-state index in [4.69, 9.17) is 4.74 Å². The predicted molar refractivity (Wildman–Crippen MR) is 93.7 cm³/mol. The summed E-state index contributed by atoms with van der Waals surface area (Å²) >= 11 is 0. The van der Waals surface area contributed by atoms with Crippen LogP contribution in [0.2, 0.25) is 0 Å². The van der Waals surface area contributed by atoms with Gasteiger partial charge in [0.1, 0.15) is 0 Å². The fourth-order valence-electron chi connectivity index (χ4n) is 5.09. The average Bonchev–Trinajstić information content (AvgIpc) is 2.98. The van der Waals surface area contributed by atoms with E-state index in [1.165, 1.54) is 12.1 Å². The van der Waals surface area contributed by atoms with Crippen LogP contribution in [0, 0.1) is 29.4 Å². The van der Waals surface area contributed by atoms with Crippen molar-refractivity contribution in [3.8, 4) is 5.75 Å². The Balaban J connectivity index is 1.80. The number of hydrogen-bond acceptors (Lipinski definition) is 1. The molecule has 0 spiro atoms. The lowest BCUT2D eigenvalue weighted by atomic mass is 9.87. The topological polar surface area (TPSA) is 9.23 Å². The first-order valence-corrected chi connectivity index (χ1v) is 9.85. The number of benzene rings is 1. The number of halogens is 4. The average molecular weight is 372 g/mol. The summed E-state index contributed by atoms with van der Waals surface area (Å²) in [6.07, 6.45) is 4.05. The molecular formula is C21H28F4O. The Labute approximate surface area is 153 Å². The van der Waals surface area contributed by atoms with Gasteiger partial charge in [0.25, 0.3) is 5.92 Å². The van der Waals surface area contributed by atoms with Gasteiger partial charge in [-0.1, -0.05) is 25.8 Å². The van der Waals surface area contributed by atoms with E-state index in [1.807, 2.05) is 6.92 Å². The van der Waals surface area contributed by atoms with Crippen molar-refractivity contribution < 1.29 is 22.3 Å². The van der Waals surface area contributed by atoms with Crippen LogP contribution in [0.25, 0.3) is 0 Å². The summed E-state index contributed by atoms with van der Waals surface area (Å²) in [5.41, 5.74) is 0.222. The second-order valence-electron chi connectivity index (χ2n) is 7.95. The molecule has 0 N–H and O–H groups in total. The minimum absolute atomic E-state index is 0.0607. The second kappa shape index (κ2) is 7.77. The number of fused-ring (bicyclic) bond motifs is 1. The smallest absolute Gasteiger partial charge is 0.251 e. The number of alkyl halides is 2. The molecule has 146 valence electrons. The highest BCUT2D eigenvalue weighted by atomic mass is 19.3. The van der Waals surface area contributed by atoms with E-state index in [0.29, 0.717) is 6.42 Å². The Hall–Kier alpha value is -1.26. The molecule has 4 atom stereocenters. The standard InChI is InChI=1S/C21H28F4O/c1-3-5-13-6-7-14-10-15(11-17(14)21(24,25)12-13)16-8-9-18(26-4-2)20(23)19(16)22/h8-9,13-15,17H,3-7,10-12H2,1-2H3. The van der Waals surface area contributed by atoms with E-state index in [-0.39, 0.29) is 48.5 Å². The van der Waals surface area contributed by atoms with E-state index in [0.717, 1.165) is 25.7 Å². The van der Waals surface area contributed by atoms with E-state index < -0.39 is 23.5 Å². The molecule has 5 heteroatoms. The van der Waals surface area contributed by atoms with Gasteiger partial charge in [-0.3, -0.25) is 0 Å². The molecule has 1 aromatic rings. The molecule has 4 unspecified atom stereocenters. The molecule has 2 fully saturated rings. The normalized spacial score (nSPS) is 30.7. The van der Waals surface area contributed by atoms with Gasteiger partial charge in [-0.15, -0.1) is 0 Å². The molecule has 2 aliphatic rings. The maximum atomic E-state index is 14.8. The van der Waals surface area contributed by atoms with E-state index in [1.54, 1.807) is 6.92 Å². The van der Waals surface area contributed by atoms with Gasteiger partial charge in [0.15, 0.2) is 11.6 Å². The van der Waals surface area contributed by atoms with Gasteiger partial charge in [-0.05, 0) is 62.0 Å². The van der Waals surface area contributed by atoms with Crippen LogP contribution in [0.3, 0.4) is 0 Å². The molecule has 0 aromatic heterocycles. The maximum absolute atomic E-state index is 14.8. The van der Waals surface area contributed by atoms with Crippen LogP contribution in [0.5, 0.6) is 5.75 Å². The molecule has 26 heavy (non-hydrogen) atoms. The van der Waals surface area contributed by atoms with Gasteiger partial charge in [-0.25, -0.2) is 13.2 Å². The summed E-state index contributed by atoms with van der Waals surface area (Å²) in [7, 11) is 0. The maximum Gasteiger partial charge on any atom is 0.251 e. The fourth-order valence-corrected chi connectivity index (χ4v) is 5.09. The van der Waals surface area contributed by atoms with Gasteiger partial charge in [0.2, 0.25) is 5.82 Å². The highest BCUT2D eigenvalue weighted by Crippen LogP contribution is 2.55. The first-order valence-electron chi connectivity index (χ1n) is 9.85. The van der Waals surface area contributed by atoms with Crippen LogP contribution >= 0.6 is 0 Å². The third-order valence-corrected chi connectivity index (χ3v) is 6.26. The third kappa shape index (κ3) is 3.72. The van der Waals surface area contributed by atoms with Crippen LogP contribution < -0.4 is 4.74 Å². The van der Waals surface area contributed by atoms with Gasteiger partial charge in [0.05, 0.1) is 6.61 Å². The lowest BCUT2D eigenvalue weighted by Gasteiger charge is -2.27. The van der Waals surface area contributed by atoms with Crippen molar-refractivity contribution in [3.05, 3.63) is 29.3 Å². The van der Waals surface area contributed by atoms with E-state index >= 15 is 0 Å². The number of ether oxygens (including phenoxy) is 1. The summed E-state index contributed by atoms with van der Waals surface area (Å²) in [6.45, 7) is 3.97. The molecule has 1 nitrogen and oxygen atoms in total. The number of rotatable bonds is 5. The Morgan fingerprint density at radius 2 is 1.85 bits per heavy atom. The zero-order valence-electron chi connectivity index (χ0n) is 15.5. The number of hydrogen-bond donors (Lipinski definition) is 0. The van der Waals surface area contributed by atoms with Gasteiger partial charge >= 0.3 is 0 Å². The van der Waals surface area contributed by atoms with Crippen molar-refractivity contribution >= 4 is 0 Å². The van der Waals surface area contributed by atoms with Crippen molar-refractivity contribution in [1.29, 1.82) is 0 Å². The van der Waals surface area contributed by atoms with Gasteiger partial charge < -0.3 is 4.74 Å². The molecule has 0 bridgehead atoms. The first-order chi connectivity index (χ1) is 12.4. The third-order valence-electron chi connectivity index (χ3n) is 6.26. The van der Waals surface area contributed by atoms with Gasteiger partial charge in [0, 0.05) is 12.3 Å². The molecule has 2 aliphatic carbocycles. The summed E-state index contributed by atoms with van der Waals surface area (Å²) < 4.78 is 63.4. The van der Waals surface area contributed by atoms with Crippen molar-refractivity contribution in [2.24, 2.45) is 17.8 Å². The van der Waals surface area contributed by atoms with Crippen LogP contribution in [-0.4, -0.2) is 12.5 Å². The molecule has 0 amide bonds. The largest absolute Gasteiger partial charge is 0.491 e. The fraction of sp³-hybridized carbons (Fsp3) is 0.714. The minimum atomic E-state index is -2.71. The minimum Gasteiger partial charge on any atom is -0.491 e. The molecule has 0 saturated heterocycles. The first kappa shape index (κ1) is 19.5. The van der Waals surface area contributed by atoms with Crippen molar-refractivity contribution in [3.63, 3.8) is 0 Å². The van der Waals surface area contributed by atoms with Crippen LogP contribution in [0.1, 0.15) is 70.3 Å². The molecule has 3 rings (SSSR count). The zero-order chi connectivity index (χ0) is 18.9. The lowest BCUT2D eigenvalue weighted by Crippen LogP contribution is -2.30. The van der Waals surface area contributed by atoms with Crippen molar-refractivity contribution in [2.75, 3.05) is 6.61 Å². The Morgan fingerprint density at radius 1 is 1.08 bits per heavy atom. The molecule has 1 aromatic carbocycles. The summed E-state index contributed by atoms with van der Waals surface area (Å²) in [5.74, 6) is -5.86. The van der Waals surface area contributed by atoms with E-state index in [9.17, 15) is 17.6 Å². The molecule has 0 heterocycles. The Morgan fingerprint density at radius 3 is 2.54 bits per heavy atom. The van der Waals surface area contributed by atoms with Crippen LogP contribution in [0.15, 0.2) is 12.1 Å². The van der Waals surface area contributed by atoms with Crippen molar-refractivity contribution in [1.82, 2.24) is 0 Å². The quantitative estimate of drug-likeness (QED) is 0.522. The summed E-state index contributed by atoms with van der Waals surface area (Å²) in [4.78, 5) is 0. The van der Waals surface area contributed by atoms with Crippen molar-refractivity contribution in [2.45, 2.75) is 70.6 Å². The second-order valence-corrected chi connectivity index (χ2v) is 7.95. The highest BCUT2D eigenvalue weighted by Gasteiger charge is 2.52. The van der Waals surface area contributed by atoms with Crippen LogP contribution in [0.4, 0.5) is 17.6 Å². The predicted octanol–water partition coefficient (Wildman–Crippen LogP) is 6.71.